The lowest BCUT2D eigenvalue weighted by molar-refractivity contribution is 0.592. The summed E-state index contributed by atoms with van der Waals surface area (Å²) in [6.45, 7) is 0. The number of rotatable bonds is 2. The number of aromatic nitrogens is 4. The highest BCUT2D eigenvalue weighted by atomic mass is 35.5. The first-order valence-corrected chi connectivity index (χ1v) is 9.08. The zero-order valence-electron chi connectivity index (χ0n) is 11.2. The Balaban J connectivity index is 2.09. The van der Waals surface area contributed by atoms with E-state index in [-0.39, 0.29) is 20.6 Å². The molecule has 3 aromatic heterocycles. The summed E-state index contributed by atoms with van der Waals surface area (Å²) in [5.74, 6) is 0. The SMILES string of the molecule is O=c1nc2c(S(=O)(=O)c3ccccc3Cl)n[nH]n2c2ccsc12. The third kappa shape index (κ3) is 2.01. The van der Waals surface area contributed by atoms with Crippen LogP contribution in [0, 0.1) is 0 Å². The van der Waals surface area contributed by atoms with Gasteiger partial charge in [-0.3, -0.25) is 4.79 Å². The van der Waals surface area contributed by atoms with Gasteiger partial charge in [-0.25, -0.2) is 18.1 Å². The molecule has 0 radical (unpaired) electrons. The van der Waals surface area contributed by atoms with Gasteiger partial charge in [0, 0.05) is 0 Å². The van der Waals surface area contributed by atoms with E-state index in [9.17, 15) is 13.2 Å². The second-order valence-electron chi connectivity index (χ2n) is 4.66. The van der Waals surface area contributed by atoms with Crippen LogP contribution in [0.1, 0.15) is 0 Å². The monoisotopic (exact) mass is 366 g/mol. The van der Waals surface area contributed by atoms with E-state index in [2.05, 4.69) is 15.3 Å². The fourth-order valence-corrected chi connectivity index (χ4v) is 4.82. The summed E-state index contributed by atoms with van der Waals surface area (Å²) >= 11 is 7.21. The van der Waals surface area contributed by atoms with Crippen molar-refractivity contribution in [1.82, 2.24) is 19.8 Å². The zero-order valence-corrected chi connectivity index (χ0v) is 13.6. The molecule has 4 aromatic rings. The van der Waals surface area contributed by atoms with Crippen LogP contribution in [0.2, 0.25) is 5.02 Å². The van der Waals surface area contributed by atoms with Crippen molar-refractivity contribution in [2.75, 3.05) is 0 Å². The fourth-order valence-electron chi connectivity index (χ4n) is 2.29. The van der Waals surface area contributed by atoms with Gasteiger partial charge in [-0.1, -0.05) is 23.7 Å². The van der Waals surface area contributed by atoms with Crippen LogP contribution in [-0.4, -0.2) is 28.2 Å². The van der Waals surface area contributed by atoms with Crippen molar-refractivity contribution in [3.63, 3.8) is 0 Å². The second kappa shape index (κ2) is 4.88. The maximum atomic E-state index is 12.8. The first-order valence-electron chi connectivity index (χ1n) is 6.34. The summed E-state index contributed by atoms with van der Waals surface area (Å²) in [5, 5.41) is 7.90. The predicted octanol–water partition coefficient (Wildman–Crippen LogP) is 2.12. The number of hydrogen-bond acceptors (Lipinski definition) is 6. The van der Waals surface area contributed by atoms with Gasteiger partial charge in [0.2, 0.25) is 14.9 Å². The molecule has 1 N–H and O–H groups in total. The molecule has 0 saturated carbocycles. The number of nitrogens with zero attached hydrogens (tertiary/aromatic N) is 3. The Morgan fingerprint density at radius 3 is 2.78 bits per heavy atom. The van der Waals surface area contributed by atoms with Gasteiger partial charge >= 0.3 is 0 Å². The van der Waals surface area contributed by atoms with Crippen molar-refractivity contribution >= 4 is 48.6 Å². The summed E-state index contributed by atoms with van der Waals surface area (Å²) in [7, 11) is -4.01. The van der Waals surface area contributed by atoms with Crippen LogP contribution in [0.3, 0.4) is 0 Å². The number of fused-ring (bicyclic) bond motifs is 3. The molecule has 0 saturated heterocycles. The Bertz CT molecular complexity index is 1220. The summed E-state index contributed by atoms with van der Waals surface area (Å²) < 4.78 is 27.4. The predicted molar refractivity (Wildman–Crippen MR) is 85.9 cm³/mol. The van der Waals surface area contributed by atoms with Crippen LogP contribution in [0.4, 0.5) is 0 Å². The lowest BCUT2D eigenvalue weighted by Gasteiger charge is -2.03. The molecule has 116 valence electrons. The van der Waals surface area contributed by atoms with Crippen LogP contribution < -0.4 is 5.56 Å². The Morgan fingerprint density at radius 2 is 2.00 bits per heavy atom. The smallest absolute Gasteiger partial charge is 0.266 e. The van der Waals surface area contributed by atoms with Crippen molar-refractivity contribution in [2.45, 2.75) is 9.92 Å². The van der Waals surface area contributed by atoms with E-state index in [4.69, 9.17) is 11.6 Å². The number of H-pyrrole nitrogens is 1. The molecule has 23 heavy (non-hydrogen) atoms. The summed E-state index contributed by atoms with van der Waals surface area (Å²) in [6, 6.07) is 7.73. The molecule has 0 atom stereocenters. The normalized spacial score (nSPS) is 12.2. The van der Waals surface area contributed by atoms with Gasteiger partial charge in [-0.2, -0.15) is 4.98 Å². The second-order valence-corrected chi connectivity index (χ2v) is 7.82. The van der Waals surface area contributed by atoms with Crippen molar-refractivity contribution in [3.8, 4) is 0 Å². The van der Waals surface area contributed by atoms with E-state index in [1.807, 2.05) is 0 Å². The number of nitrogens with one attached hydrogen (secondary N) is 1. The summed E-state index contributed by atoms with van der Waals surface area (Å²) in [5.41, 5.74) is -0.0223. The molecular formula is C13H7ClN4O3S2. The average molecular weight is 367 g/mol. The van der Waals surface area contributed by atoms with Gasteiger partial charge < -0.3 is 0 Å². The molecule has 0 bridgehead atoms. The van der Waals surface area contributed by atoms with E-state index in [0.717, 1.165) is 0 Å². The minimum atomic E-state index is -4.01. The van der Waals surface area contributed by atoms with Gasteiger partial charge in [0.05, 0.1) is 15.4 Å². The molecule has 7 nitrogen and oxygen atoms in total. The molecule has 3 heterocycles. The third-order valence-electron chi connectivity index (χ3n) is 3.32. The molecule has 0 aliphatic carbocycles. The van der Waals surface area contributed by atoms with Crippen molar-refractivity contribution in [3.05, 3.63) is 51.1 Å². The van der Waals surface area contributed by atoms with E-state index < -0.39 is 15.4 Å². The number of sulfone groups is 1. The van der Waals surface area contributed by atoms with Crippen molar-refractivity contribution in [1.29, 1.82) is 0 Å². The molecule has 0 unspecified atom stereocenters. The number of aromatic amines is 1. The average Bonchev–Trinajstić information content (AvgIpc) is 3.13. The number of benzene rings is 1. The molecule has 1 aromatic carbocycles. The van der Waals surface area contributed by atoms with Crippen LogP contribution >= 0.6 is 22.9 Å². The van der Waals surface area contributed by atoms with E-state index in [1.54, 1.807) is 23.6 Å². The Labute approximate surface area is 138 Å². The van der Waals surface area contributed by atoms with Gasteiger partial charge in [0.25, 0.3) is 5.56 Å². The molecule has 0 amide bonds. The summed E-state index contributed by atoms with van der Waals surface area (Å²) in [6.07, 6.45) is 0. The molecule has 0 aliphatic rings. The van der Waals surface area contributed by atoms with Crippen LogP contribution in [-0.2, 0) is 9.84 Å². The third-order valence-corrected chi connectivity index (χ3v) is 6.37. The van der Waals surface area contributed by atoms with Gasteiger partial charge in [-0.05, 0) is 23.6 Å². The van der Waals surface area contributed by atoms with Crippen LogP contribution in [0.15, 0.2) is 50.4 Å². The lowest BCUT2D eigenvalue weighted by Crippen LogP contribution is -2.10. The number of thiophene rings is 1. The van der Waals surface area contributed by atoms with E-state index in [1.165, 1.54) is 28.0 Å². The van der Waals surface area contributed by atoms with Crippen molar-refractivity contribution < 1.29 is 8.42 Å². The maximum Gasteiger partial charge on any atom is 0.291 e. The Hall–Kier alpha value is -2.23. The highest BCUT2D eigenvalue weighted by Crippen LogP contribution is 2.28. The Kier molecular flexibility index (Phi) is 3.05. The lowest BCUT2D eigenvalue weighted by atomic mass is 10.4. The van der Waals surface area contributed by atoms with Gasteiger partial charge in [-0.15, -0.1) is 16.4 Å². The largest absolute Gasteiger partial charge is 0.291 e. The summed E-state index contributed by atoms with van der Waals surface area (Å²) in [4.78, 5) is 15.8. The standard InChI is InChI=1S/C13H7ClN4O3S2/c14-7-3-1-2-4-9(7)23(20,21)13-11-15-12(19)10-8(5-6-22-10)18(11)17-16-13/h1-6,17H. The molecule has 10 heteroatoms. The minimum Gasteiger partial charge on any atom is -0.266 e. The highest BCUT2D eigenvalue weighted by molar-refractivity contribution is 7.91. The minimum absolute atomic E-state index is 0.0548. The van der Waals surface area contributed by atoms with E-state index >= 15 is 0 Å². The molecular weight excluding hydrogens is 360 g/mol. The maximum absolute atomic E-state index is 12.8. The topological polar surface area (TPSA) is 97.2 Å². The first-order chi connectivity index (χ1) is 11.0. The molecule has 0 spiro atoms. The highest BCUT2D eigenvalue weighted by Gasteiger charge is 2.28. The Morgan fingerprint density at radius 1 is 1.22 bits per heavy atom. The van der Waals surface area contributed by atoms with E-state index in [0.29, 0.717) is 10.2 Å². The first kappa shape index (κ1) is 14.4. The zero-order chi connectivity index (χ0) is 16.2. The van der Waals surface area contributed by atoms with Crippen molar-refractivity contribution in [2.24, 2.45) is 0 Å². The van der Waals surface area contributed by atoms with Crippen LogP contribution in [0.5, 0.6) is 0 Å². The molecule has 4 rings (SSSR count). The molecule has 0 fully saturated rings. The quantitative estimate of drug-likeness (QED) is 0.586. The number of halogens is 1. The van der Waals surface area contributed by atoms with Gasteiger partial charge in [0.1, 0.15) is 4.70 Å². The fraction of sp³-hybridized carbons (Fsp3) is 0. The van der Waals surface area contributed by atoms with Crippen LogP contribution in [0.25, 0.3) is 15.9 Å². The van der Waals surface area contributed by atoms with Gasteiger partial charge in [0.15, 0.2) is 5.65 Å². The number of hydrogen-bond donors (Lipinski definition) is 1. The molecule has 0 aliphatic heterocycles.